The maximum atomic E-state index is 6.02. The second kappa shape index (κ2) is 4.71. The lowest BCUT2D eigenvalue weighted by atomic mass is 10.1. The van der Waals surface area contributed by atoms with Crippen molar-refractivity contribution in [2.45, 2.75) is 32.2 Å². The summed E-state index contributed by atoms with van der Waals surface area (Å²) < 4.78 is 5.79. The fourth-order valence-electron chi connectivity index (χ4n) is 2.07. The third kappa shape index (κ3) is 2.12. The molecule has 0 amide bonds. The van der Waals surface area contributed by atoms with E-state index in [4.69, 9.17) is 10.5 Å². The van der Waals surface area contributed by atoms with Crippen molar-refractivity contribution in [3.05, 3.63) is 41.5 Å². The summed E-state index contributed by atoms with van der Waals surface area (Å²) in [5, 5.41) is 0. The number of hydrogen-bond donors (Lipinski definition) is 1. The van der Waals surface area contributed by atoms with Gasteiger partial charge in [-0.05, 0) is 42.0 Å². The van der Waals surface area contributed by atoms with Crippen LogP contribution in [0.5, 0.6) is 5.75 Å². The quantitative estimate of drug-likeness (QED) is 0.787. The topological polar surface area (TPSA) is 35.2 Å². The number of rotatable bonds is 4. The molecule has 16 heavy (non-hydrogen) atoms. The molecule has 0 bridgehead atoms. The minimum Gasteiger partial charge on any atom is -0.489 e. The average Bonchev–Trinajstić information content (AvgIpc) is 2.69. The smallest absolute Gasteiger partial charge is 0.123 e. The molecule has 1 aliphatic rings. The minimum atomic E-state index is 0.188. The molecule has 1 aliphatic carbocycles. The van der Waals surface area contributed by atoms with E-state index in [-0.39, 0.29) is 6.04 Å². The Morgan fingerprint density at radius 1 is 1.56 bits per heavy atom. The molecule has 86 valence electrons. The van der Waals surface area contributed by atoms with Gasteiger partial charge in [0.1, 0.15) is 12.4 Å². The first-order chi connectivity index (χ1) is 7.72. The lowest BCUT2D eigenvalue weighted by Gasteiger charge is -2.12. The summed E-state index contributed by atoms with van der Waals surface area (Å²) in [5.41, 5.74) is 9.69. The molecule has 2 heteroatoms. The van der Waals surface area contributed by atoms with E-state index in [1.807, 2.05) is 12.1 Å². The third-order valence-electron chi connectivity index (χ3n) is 3.21. The fourth-order valence-corrected chi connectivity index (χ4v) is 2.07. The highest BCUT2D eigenvalue weighted by molar-refractivity contribution is 5.45. The Bertz CT molecular complexity index is 398. The van der Waals surface area contributed by atoms with Crippen molar-refractivity contribution < 1.29 is 4.74 Å². The first-order valence-electron chi connectivity index (χ1n) is 5.89. The molecule has 0 fully saturated rings. The van der Waals surface area contributed by atoms with Crippen LogP contribution in [0.1, 0.15) is 36.9 Å². The second-order valence-electron chi connectivity index (χ2n) is 4.36. The van der Waals surface area contributed by atoms with Gasteiger partial charge in [-0.2, -0.15) is 0 Å². The zero-order valence-corrected chi connectivity index (χ0v) is 9.83. The Kier molecular flexibility index (Phi) is 3.30. The van der Waals surface area contributed by atoms with E-state index in [1.54, 1.807) is 0 Å². The van der Waals surface area contributed by atoms with Gasteiger partial charge in [0, 0.05) is 6.04 Å². The molecule has 2 rings (SSSR count). The fraction of sp³-hybridized carbons (Fsp3) is 0.429. The number of nitrogens with two attached hydrogens (primary N) is 1. The molecule has 2 nitrogen and oxygen atoms in total. The summed E-state index contributed by atoms with van der Waals surface area (Å²) in [7, 11) is 0. The van der Waals surface area contributed by atoms with Crippen LogP contribution in [0, 0.1) is 0 Å². The van der Waals surface area contributed by atoms with E-state index in [2.05, 4.69) is 19.6 Å². The van der Waals surface area contributed by atoms with Crippen molar-refractivity contribution in [1.29, 1.82) is 0 Å². The van der Waals surface area contributed by atoms with E-state index >= 15 is 0 Å². The SMILES string of the molecule is C=C(CC)COc1cccc2c1CCC2N. The molecule has 0 saturated carbocycles. The first-order valence-corrected chi connectivity index (χ1v) is 5.89. The van der Waals surface area contributed by atoms with Gasteiger partial charge in [-0.1, -0.05) is 25.6 Å². The predicted octanol–water partition coefficient (Wildman–Crippen LogP) is 2.98. The average molecular weight is 217 g/mol. The van der Waals surface area contributed by atoms with E-state index in [0.29, 0.717) is 6.61 Å². The maximum Gasteiger partial charge on any atom is 0.123 e. The molecule has 0 spiro atoms. The van der Waals surface area contributed by atoms with Crippen LogP contribution in [-0.2, 0) is 6.42 Å². The molecular weight excluding hydrogens is 198 g/mol. The lowest BCUT2D eigenvalue weighted by Crippen LogP contribution is -2.05. The van der Waals surface area contributed by atoms with Crippen molar-refractivity contribution >= 4 is 0 Å². The summed E-state index contributed by atoms with van der Waals surface area (Å²) in [6.45, 7) is 6.65. The minimum absolute atomic E-state index is 0.188. The van der Waals surface area contributed by atoms with Gasteiger partial charge in [0.05, 0.1) is 0 Å². The molecular formula is C14H19NO. The zero-order chi connectivity index (χ0) is 11.5. The van der Waals surface area contributed by atoms with Crippen LogP contribution < -0.4 is 10.5 Å². The summed E-state index contributed by atoms with van der Waals surface area (Å²) in [6, 6.07) is 6.34. The normalized spacial score (nSPS) is 18.2. The Balaban J connectivity index is 2.14. The highest BCUT2D eigenvalue weighted by atomic mass is 16.5. The summed E-state index contributed by atoms with van der Waals surface area (Å²) in [5.74, 6) is 0.986. The van der Waals surface area contributed by atoms with Crippen LogP contribution in [0.25, 0.3) is 0 Å². The molecule has 0 saturated heterocycles. The van der Waals surface area contributed by atoms with E-state index in [1.165, 1.54) is 11.1 Å². The second-order valence-corrected chi connectivity index (χ2v) is 4.36. The van der Waals surface area contributed by atoms with Crippen LogP contribution >= 0.6 is 0 Å². The van der Waals surface area contributed by atoms with Crippen LogP contribution in [0.3, 0.4) is 0 Å². The molecule has 0 radical (unpaired) electrons. The maximum absolute atomic E-state index is 6.02. The Hall–Kier alpha value is -1.28. The molecule has 1 atom stereocenters. The summed E-state index contributed by atoms with van der Waals surface area (Å²) >= 11 is 0. The Labute approximate surface area is 97.1 Å². The van der Waals surface area contributed by atoms with Crippen LogP contribution in [0.2, 0.25) is 0 Å². The molecule has 0 aromatic heterocycles. The number of hydrogen-bond acceptors (Lipinski definition) is 2. The van der Waals surface area contributed by atoms with Crippen molar-refractivity contribution in [2.24, 2.45) is 5.73 Å². The molecule has 1 aromatic carbocycles. The Morgan fingerprint density at radius 3 is 3.12 bits per heavy atom. The van der Waals surface area contributed by atoms with Gasteiger partial charge in [-0.15, -0.1) is 0 Å². The molecule has 1 unspecified atom stereocenters. The molecule has 2 N–H and O–H groups in total. The van der Waals surface area contributed by atoms with Gasteiger partial charge in [0.25, 0.3) is 0 Å². The highest BCUT2D eigenvalue weighted by Crippen LogP contribution is 2.35. The van der Waals surface area contributed by atoms with Gasteiger partial charge in [-0.3, -0.25) is 0 Å². The largest absolute Gasteiger partial charge is 0.489 e. The van der Waals surface area contributed by atoms with E-state index < -0.39 is 0 Å². The predicted molar refractivity (Wildman–Crippen MR) is 66.6 cm³/mol. The van der Waals surface area contributed by atoms with Crippen LogP contribution in [0.15, 0.2) is 30.4 Å². The van der Waals surface area contributed by atoms with E-state index in [0.717, 1.165) is 30.6 Å². The highest BCUT2D eigenvalue weighted by Gasteiger charge is 2.21. The van der Waals surface area contributed by atoms with E-state index in [9.17, 15) is 0 Å². The van der Waals surface area contributed by atoms with Gasteiger partial charge in [0.2, 0.25) is 0 Å². The molecule has 0 heterocycles. The van der Waals surface area contributed by atoms with Crippen LogP contribution in [-0.4, -0.2) is 6.61 Å². The standard InChI is InChI=1S/C14H19NO/c1-3-10(2)9-16-14-6-4-5-11-12(14)7-8-13(11)15/h4-6,13H,2-3,7-9,15H2,1H3. The van der Waals surface area contributed by atoms with Gasteiger partial charge >= 0.3 is 0 Å². The number of benzene rings is 1. The zero-order valence-electron chi connectivity index (χ0n) is 9.83. The lowest BCUT2D eigenvalue weighted by molar-refractivity contribution is 0.346. The van der Waals surface area contributed by atoms with Gasteiger partial charge in [0.15, 0.2) is 0 Å². The van der Waals surface area contributed by atoms with Crippen LogP contribution in [0.4, 0.5) is 0 Å². The number of ether oxygens (including phenoxy) is 1. The summed E-state index contributed by atoms with van der Waals surface area (Å²) in [6.07, 6.45) is 3.03. The van der Waals surface area contributed by atoms with Gasteiger partial charge < -0.3 is 10.5 Å². The third-order valence-corrected chi connectivity index (χ3v) is 3.21. The van der Waals surface area contributed by atoms with Crippen molar-refractivity contribution in [2.75, 3.05) is 6.61 Å². The Morgan fingerprint density at radius 2 is 2.38 bits per heavy atom. The van der Waals surface area contributed by atoms with Crippen molar-refractivity contribution in [3.8, 4) is 5.75 Å². The molecule has 1 aromatic rings. The number of fused-ring (bicyclic) bond motifs is 1. The summed E-state index contributed by atoms with van der Waals surface area (Å²) in [4.78, 5) is 0. The van der Waals surface area contributed by atoms with Crippen molar-refractivity contribution in [3.63, 3.8) is 0 Å². The van der Waals surface area contributed by atoms with Gasteiger partial charge in [-0.25, -0.2) is 0 Å². The first kappa shape index (κ1) is 11.2. The molecule has 0 aliphatic heterocycles. The van der Waals surface area contributed by atoms with Crippen molar-refractivity contribution in [1.82, 2.24) is 0 Å². The monoisotopic (exact) mass is 217 g/mol.